The van der Waals surface area contributed by atoms with Crippen molar-refractivity contribution in [3.8, 4) is 5.69 Å². The standard InChI is InChI=1S/C11H11F2N3O/c12-8-4-9(13)6-11(5-8)16-7-10(14-15-16)2-1-3-17/h4-7,17H,1-3H2. The van der Waals surface area contributed by atoms with Crippen molar-refractivity contribution < 1.29 is 13.9 Å². The molecule has 90 valence electrons. The fourth-order valence-electron chi connectivity index (χ4n) is 1.47. The minimum atomic E-state index is -0.660. The maximum absolute atomic E-state index is 13.0. The molecule has 0 saturated heterocycles. The third kappa shape index (κ3) is 2.85. The highest BCUT2D eigenvalue weighted by Gasteiger charge is 2.05. The zero-order chi connectivity index (χ0) is 12.3. The maximum Gasteiger partial charge on any atom is 0.128 e. The second kappa shape index (κ2) is 5.01. The molecule has 0 unspecified atom stereocenters. The smallest absolute Gasteiger partial charge is 0.128 e. The van der Waals surface area contributed by atoms with Crippen LogP contribution in [0.5, 0.6) is 0 Å². The van der Waals surface area contributed by atoms with Crippen LogP contribution in [0, 0.1) is 11.6 Å². The molecule has 0 fully saturated rings. The van der Waals surface area contributed by atoms with E-state index >= 15 is 0 Å². The van der Waals surface area contributed by atoms with Gasteiger partial charge in [-0.3, -0.25) is 0 Å². The predicted molar refractivity (Wildman–Crippen MR) is 56.7 cm³/mol. The van der Waals surface area contributed by atoms with Crippen LogP contribution in [0.3, 0.4) is 0 Å². The van der Waals surface area contributed by atoms with Crippen LogP contribution in [0.25, 0.3) is 5.69 Å². The number of benzene rings is 1. The lowest BCUT2D eigenvalue weighted by molar-refractivity contribution is 0.288. The Hall–Kier alpha value is -1.82. The highest BCUT2D eigenvalue weighted by Crippen LogP contribution is 2.12. The van der Waals surface area contributed by atoms with Crippen LogP contribution in [0.4, 0.5) is 8.78 Å². The number of aliphatic hydroxyl groups is 1. The summed E-state index contributed by atoms with van der Waals surface area (Å²) in [4.78, 5) is 0. The Morgan fingerprint density at radius 2 is 1.88 bits per heavy atom. The van der Waals surface area contributed by atoms with Gasteiger partial charge in [-0.1, -0.05) is 5.21 Å². The Balaban J connectivity index is 2.24. The van der Waals surface area contributed by atoms with Crippen LogP contribution in [-0.2, 0) is 6.42 Å². The van der Waals surface area contributed by atoms with Crippen molar-refractivity contribution in [3.05, 3.63) is 41.7 Å². The average molecular weight is 239 g/mol. The first-order valence-corrected chi connectivity index (χ1v) is 5.17. The molecule has 0 amide bonds. The molecule has 1 N–H and O–H groups in total. The molecule has 17 heavy (non-hydrogen) atoms. The lowest BCUT2D eigenvalue weighted by Crippen LogP contribution is -1.96. The van der Waals surface area contributed by atoms with Crippen molar-refractivity contribution in [1.29, 1.82) is 0 Å². The Kier molecular flexibility index (Phi) is 3.43. The minimum absolute atomic E-state index is 0.0709. The van der Waals surface area contributed by atoms with Crippen molar-refractivity contribution in [2.75, 3.05) is 6.61 Å². The summed E-state index contributed by atoms with van der Waals surface area (Å²) in [7, 11) is 0. The van der Waals surface area contributed by atoms with Gasteiger partial charge in [0.25, 0.3) is 0 Å². The molecule has 1 aromatic carbocycles. The zero-order valence-corrected chi connectivity index (χ0v) is 8.98. The van der Waals surface area contributed by atoms with Gasteiger partial charge in [-0.2, -0.15) is 0 Å². The molecule has 0 spiro atoms. The van der Waals surface area contributed by atoms with Crippen LogP contribution in [0.1, 0.15) is 12.1 Å². The normalized spacial score (nSPS) is 10.8. The van der Waals surface area contributed by atoms with E-state index in [4.69, 9.17) is 5.11 Å². The topological polar surface area (TPSA) is 50.9 Å². The number of nitrogens with zero attached hydrogens (tertiary/aromatic N) is 3. The van der Waals surface area contributed by atoms with Crippen molar-refractivity contribution in [3.63, 3.8) is 0 Å². The van der Waals surface area contributed by atoms with Gasteiger partial charge >= 0.3 is 0 Å². The molecule has 0 atom stereocenters. The summed E-state index contributed by atoms with van der Waals surface area (Å²) < 4.78 is 27.3. The first kappa shape index (κ1) is 11.7. The van der Waals surface area contributed by atoms with Gasteiger partial charge in [-0.25, -0.2) is 13.5 Å². The van der Waals surface area contributed by atoms with Crippen LogP contribution >= 0.6 is 0 Å². The number of aliphatic hydroxyl groups excluding tert-OH is 1. The van der Waals surface area contributed by atoms with Gasteiger partial charge in [0.1, 0.15) is 11.6 Å². The van der Waals surface area contributed by atoms with E-state index in [0.717, 1.165) is 6.07 Å². The van der Waals surface area contributed by atoms with Crippen LogP contribution in [-0.4, -0.2) is 26.7 Å². The molecule has 1 aromatic heterocycles. The number of aryl methyl sites for hydroxylation is 1. The van der Waals surface area contributed by atoms with Gasteiger partial charge in [0.05, 0.1) is 17.6 Å². The molecule has 4 nitrogen and oxygen atoms in total. The molecule has 0 aliphatic heterocycles. The lowest BCUT2D eigenvalue weighted by Gasteiger charge is -2.00. The third-order valence-corrected chi connectivity index (χ3v) is 2.24. The highest BCUT2D eigenvalue weighted by molar-refractivity contribution is 5.31. The molecule has 2 rings (SSSR count). The SMILES string of the molecule is OCCCc1cn(-c2cc(F)cc(F)c2)nn1. The Morgan fingerprint density at radius 3 is 2.53 bits per heavy atom. The molecule has 1 heterocycles. The van der Waals surface area contributed by atoms with Crippen molar-refractivity contribution in [2.24, 2.45) is 0 Å². The van der Waals surface area contributed by atoms with Gasteiger partial charge in [-0.05, 0) is 25.0 Å². The summed E-state index contributed by atoms with van der Waals surface area (Å²) in [6.45, 7) is 0.0709. The van der Waals surface area contributed by atoms with E-state index in [1.54, 1.807) is 6.20 Å². The molecular formula is C11H11F2N3O. The summed E-state index contributed by atoms with van der Waals surface area (Å²) in [5.41, 5.74) is 0.953. The van der Waals surface area contributed by atoms with Crippen LogP contribution in [0.2, 0.25) is 0 Å². The molecule has 6 heteroatoms. The van der Waals surface area contributed by atoms with Gasteiger partial charge in [-0.15, -0.1) is 5.10 Å². The number of hydrogen-bond donors (Lipinski definition) is 1. The summed E-state index contributed by atoms with van der Waals surface area (Å²) in [5, 5.41) is 16.3. The van der Waals surface area contributed by atoms with E-state index in [0.29, 0.717) is 18.5 Å². The Bertz CT molecular complexity index is 493. The largest absolute Gasteiger partial charge is 0.396 e. The van der Waals surface area contributed by atoms with Crippen molar-refractivity contribution >= 4 is 0 Å². The summed E-state index contributed by atoms with van der Waals surface area (Å²) in [6.07, 6.45) is 2.74. The van der Waals surface area contributed by atoms with E-state index in [9.17, 15) is 8.78 Å². The van der Waals surface area contributed by atoms with Crippen molar-refractivity contribution in [1.82, 2.24) is 15.0 Å². The molecule has 2 aromatic rings. The average Bonchev–Trinajstić information content (AvgIpc) is 2.73. The van der Waals surface area contributed by atoms with E-state index < -0.39 is 11.6 Å². The van der Waals surface area contributed by atoms with E-state index in [1.807, 2.05) is 0 Å². The number of aromatic nitrogens is 3. The van der Waals surface area contributed by atoms with Gasteiger partial charge in [0, 0.05) is 12.7 Å². The lowest BCUT2D eigenvalue weighted by atomic mass is 10.2. The molecular weight excluding hydrogens is 228 g/mol. The second-order valence-corrected chi connectivity index (χ2v) is 3.61. The van der Waals surface area contributed by atoms with Crippen LogP contribution in [0.15, 0.2) is 24.4 Å². The Labute approximate surface area is 96.5 Å². The molecule has 0 saturated carbocycles. The highest BCUT2D eigenvalue weighted by atomic mass is 19.1. The maximum atomic E-state index is 13.0. The summed E-state index contributed by atoms with van der Waals surface area (Å²) in [5.74, 6) is -1.32. The fourth-order valence-corrected chi connectivity index (χ4v) is 1.47. The number of halogens is 2. The second-order valence-electron chi connectivity index (χ2n) is 3.61. The first-order chi connectivity index (χ1) is 8.19. The quantitative estimate of drug-likeness (QED) is 0.879. The zero-order valence-electron chi connectivity index (χ0n) is 8.98. The predicted octanol–water partition coefficient (Wildman–Crippen LogP) is 1.47. The van der Waals surface area contributed by atoms with E-state index in [-0.39, 0.29) is 12.3 Å². The number of rotatable bonds is 4. The third-order valence-electron chi connectivity index (χ3n) is 2.24. The van der Waals surface area contributed by atoms with Gasteiger partial charge < -0.3 is 5.11 Å². The van der Waals surface area contributed by atoms with Gasteiger partial charge in [0.15, 0.2) is 0 Å². The van der Waals surface area contributed by atoms with Gasteiger partial charge in [0.2, 0.25) is 0 Å². The molecule has 0 radical (unpaired) electrons. The summed E-state index contributed by atoms with van der Waals surface area (Å²) in [6, 6.07) is 3.15. The van der Waals surface area contributed by atoms with Crippen molar-refractivity contribution in [2.45, 2.75) is 12.8 Å². The molecule has 0 aliphatic carbocycles. The van der Waals surface area contributed by atoms with E-state index in [2.05, 4.69) is 10.3 Å². The fraction of sp³-hybridized carbons (Fsp3) is 0.273. The van der Waals surface area contributed by atoms with Crippen LogP contribution < -0.4 is 0 Å². The minimum Gasteiger partial charge on any atom is -0.396 e. The summed E-state index contributed by atoms with van der Waals surface area (Å²) >= 11 is 0. The first-order valence-electron chi connectivity index (χ1n) is 5.17. The Morgan fingerprint density at radius 1 is 1.18 bits per heavy atom. The molecule has 0 aliphatic rings. The molecule has 0 bridgehead atoms. The van der Waals surface area contributed by atoms with E-state index in [1.165, 1.54) is 16.8 Å². The monoisotopic (exact) mass is 239 g/mol. The number of hydrogen-bond acceptors (Lipinski definition) is 3.